The van der Waals surface area contributed by atoms with Gasteiger partial charge in [-0.05, 0) is 38.4 Å². The van der Waals surface area contributed by atoms with Crippen molar-refractivity contribution in [3.8, 4) is 0 Å². The molecule has 0 saturated heterocycles. The second-order valence-corrected chi connectivity index (χ2v) is 6.24. The Morgan fingerprint density at radius 1 is 1.19 bits per heavy atom. The first-order chi connectivity index (χ1) is 10.3. The molecule has 3 nitrogen and oxygen atoms in total. The molecule has 3 heteroatoms. The minimum atomic E-state index is 0.548. The zero-order chi connectivity index (χ0) is 14.7. The molecule has 0 amide bonds. The van der Waals surface area contributed by atoms with Crippen molar-refractivity contribution in [1.29, 1.82) is 0 Å². The van der Waals surface area contributed by atoms with Crippen molar-refractivity contribution >= 4 is 11.0 Å². The number of nitrogens with zero attached hydrogens (tertiary/aromatic N) is 2. The largest absolute Gasteiger partial charge is 0.323 e. The van der Waals surface area contributed by atoms with Gasteiger partial charge in [-0.1, -0.05) is 38.3 Å². The number of nitrogens with one attached hydrogen (secondary N) is 1. The standard InChI is InChI=1S/C18H27N3/c1-3-9-18-20-15-11-7-8-13-17(15)21(18)16-12-6-4-5-10-14(16)19-2/h7-8,11,13-14,16,19H,3-6,9-10,12H2,1-2H3. The quantitative estimate of drug-likeness (QED) is 0.858. The molecule has 0 aliphatic heterocycles. The van der Waals surface area contributed by atoms with Crippen LogP contribution in [0, 0.1) is 0 Å². The molecule has 1 aliphatic carbocycles. The van der Waals surface area contributed by atoms with Crippen molar-refractivity contribution in [2.45, 2.75) is 64.0 Å². The summed E-state index contributed by atoms with van der Waals surface area (Å²) in [7, 11) is 2.11. The highest BCUT2D eigenvalue weighted by molar-refractivity contribution is 5.76. The number of aryl methyl sites for hydroxylation is 1. The van der Waals surface area contributed by atoms with Gasteiger partial charge in [0.05, 0.1) is 17.1 Å². The molecule has 1 aromatic carbocycles. The lowest BCUT2D eigenvalue weighted by atomic mass is 10.0. The Morgan fingerprint density at radius 3 is 2.81 bits per heavy atom. The van der Waals surface area contributed by atoms with Gasteiger partial charge in [-0.2, -0.15) is 0 Å². The summed E-state index contributed by atoms with van der Waals surface area (Å²) < 4.78 is 2.55. The molecule has 1 heterocycles. The third-order valence-electron chi connectivity index (χ3n) is 4.82. The highest BCUT2D eigenvalue weighted by Crippen LogP contribution is 2.32. The van der Waals surface area contributed by atoms with Crippen LogP contribution >= 0.6 is 0 Å². The molecule has 1 saturated carbocycles. The van der Waals surface area contributed by atoms with E-state index in [4.69, 9.17) is 4.98 Å². The van der Waals surface area contributed by atoms with Crippen LogP contribution in [0.4, 0.5) is 0 Å². The lowest BCUT2D eigenvalue weighted by molar-refractivity contribution is 0.346. The van der Waals surface area contributed by atoms with Gasteiger partial charge < -0.3 is 9.88 Å². The first-order valence-electron chi connectivity index (χ1n) is 8.48. The van der Waals surface area contributed by atoms with E-state index in [0.717, 1.165) is 18.4 Å². The van der Waals surface area contributed by atoms with Crippen molar-refractivity contribution in [2.24, 2.45) is 0 Å². The van der Waals surface area contributed by atoms with Crippen molar-refractivity contribution in [3.63, 3.8) is 0 Å². The Hall–Kier alpha value is -1.35. The van der Waals surface area contributed by atoms with Crippen LogP contribution in [-0.2, 0) is 6.42 Å². The fourth-order valence-corrected chi connectivity index (χ4v) is 3.80. The maximum Gasteiger partial charge on any atom is 0.110 e. The number of hydrogen-bond acceptors (Lipinski definition) is 2. The Kier molecular flexibility index (Phi) is 4.59. The molecule has 2 aromatic rings. The number of rotatable bonds is 4. The summed E-state index contributed by atoms with van der Waals surface area (Å²) in [5, 5.41) is 3.57. The van der Waals surface area contributed by atoms with E-state index in [2.05, 4.69) is 48.1 Å². The SMILES string of the molecule is CCCc1nc2ccccc2n1C1CCCCCC1NC. The van der Waals surface area contributed by atoms with Gasteiger partial charge in [0, 0.05) is 12.5 Å². The molecule has 21 heavy (non-hydrogen) atoms. The number of para-hydroxylation sites is 2. The zero-order valence-corrected chi connectivity index (χ0v) is 13.3. The molecule has 1 aliphatic rings. The van der Waals surface area contributed by atoms with Crippen LogP contribution in [0.1, 0.15) is 57.3 Å². The number of hydrogen-bond donors (Lipinski definition) is 1. The van der Waals surface area contributed by atoms with E-state index < -0.39 is 0 Å². The molecule has 3 rings (SSSR count). The summed E-state index contributed by atoms with van der Waals surface area (Å²) >= 11 is 0. The molecule has 1 fully saturated rings. The molecule has 114 valence electrons. The average molecular weight is 285 g/mol. The first kappa shape index (κ1) is 14.6. The fraction of sp³-hybridized carbons (Fsp3) is 0.611. The molecule has 1 N–H and O–H groups in total. The molecule has 1 aromatic heterocycles. The smallest absolute Gasteiger partial charge is 0.110 e. The first-order valence-corrected chi connectivity index (χ1v) is 8.48. The van der Waals surface area contributed by atoms with E-state index in [-0.39, 0.29) is 0 Å². The summed E-state index contributed by atoms with van der Waals surface area (Å²) in [5.41, 5.74) is 2.47. The number of likely N-dealkylation sites (N-methyl/N-ethyl adjacent to an activating group) is 1. The fourth-order valence-electron chi connectivity index (χ4n) is 3.80. The van der Waals surface area contributed by atoms with E-state index in [9.17, 15) is 0 Å². The number of imidazole rings is 1. The van der Waals surface area contributed by atoms with Crippen molar-refractivity contribution in [2.75, 3.05) is 7.05 Å². The van der Waals surface area contributed by atoms with E-state index in [1.165, 1.54) is 43.4 Å². The Morgan fingerprint density at radius 2 is 2.00 bits per heavy atom. The Bertz CT molecular complexity index is 587. The van der Waals surface area contributed by atoms with E-state index in [1.54, 1.807) is 0 Å². The predicted octanol–water partition coefficient (Wildman–Crippen LogP) is 4.08. The molecule has 0 bridgehead atoms. The molecular weight excluding hydrogens is 258 g/mol. The van der Waals surface area contributed by atoms with Crippen LogP contribution in [0.3, 0.4) is 0 Å². The maximum absolute atomic E-state index is 4.91. The topological polar surface area (TPSA) is 29.9 Å². The monoisotopic (exact) mass is 285 g/mol. The van der Waals surface area contributed by atoms with Gasteiger partial charge in [0.2, 0.25) is 0 Å². The minimum Gasteiger partial charge on any atom is -0.323 e. The number of benzene rings is 1. The summed E-state index contributed by atoms with van der Waals surface area (Å²) in [6.45, 7) is 2.24. The summed E-state index contributed by atoms with van der Waals surface area (Å²) in [4.78, 5) is 4.91. The molecule has 2 unspecified atom stereocenters. The molecule has 0 spiro atoms. The Balaban J connectivity index is 2.09. The lowest BCUT2D eigenvalue weighted by Crippen LogP contribution is -2.35. The van der Waals surface area contributed by atoms with Crippen molar-refractivity contribution in [3.05, 3.63) is 30.1 Å². The maximum atomic E-state index is 4.91. The third-order valence-corrected chi connectivity index (χ3v) is 4.82. The summed E-state index contributed by atoms with van der Waals surface area (Å²) in [5.74, 6) is 1.27. The van der Waals surface area contributed by atoms with Crippen LogP contribution in [0.25, 0.3) is 11.0 Å². The van der Waals surface area contributed by atoms with E-state index in [1.807, 2.05) is 0 Å². The van der Waals surface area contributed by atoms with Gasteiger partial charge in [-0.15, -0.1) is 0 Å². The van der Waals surface area contributed by atoms with Gasteiger partial charge in [-0.3, -0.25) is 0 Å². The van der Waals surface area contributed by atoms with Gasteiger partial charge >= 0.3 is 0 Å². The second-order valence-electron chi connectivity index (χ2n) is 6.24. The van der Waals surface area contributed by atoms with Crippen LogP contribution in [0.5, 0.6) is 0 Å². The molecule has 0 radical (unpaired) electrons. The van der Waals surface area contributed by atoms with E-state index in [0.29, 0.717) is 12.1 Å². The molecule has 2 atom stereocenters. The minimum absolute atomic E-state index is 0.548. The van der Waals surface area contributed by atoms with Gasteiger partial charge in [0.15, 0.2) is 0 Å². The van der Waals surface area contributed by atoms with Gasteiger partial charge in [-0.25, -0.2) is 4.98 Å². The van der Waals surface area contributed by atoms with Crippen LogP contribution in [0.15, 0.2) is 24.3 Å². The van der Waals surface area contributed by atoms with Crippen LogP contribution < -0.4 is 5.32 Å². The van der Waals surface area contributed by atoms with Gasteiger partial charge in [0.1, 0.15) is 5.82 Å². The lowest BCUT2D eigenvalue weighted by Gasteiger charge is -2.28. The summed E-state index contributed by atoms with van der Waals surface area (Å²) in [6.07, 6.45) is 8.81. The second kappa shape index (κ2) is 6.61. The van der Waals surface area contributed by atoms with E-state index >= 15 is 0 Å². The van der Waals surface area contributed by atoms with Crippen molar-refractivity contribution in [1.82, 2.24) is 14.9 Å². The summed E-state index contributed by atoms with van der Waals surface area (Å²) in [6, 6.07) is 9.74. The highest BCUT2D eigenvalue weighted by Gasteiger charge is 2.27. The zero-order valence-electron chi connectivity index (χ0n) is 13.3. The Labute approximate surface area is 127 Å². The van der Waals surface area contributed by atoms with Crippen molar-refractivity contribution < 1.29 is 0 Å². The number of aromatic nitrogens is 2. The normalized spacial score (nSPS) is 23.3. The van der Waals surface area contributed by atoms with Crippen LogP contribution in [-0.4, -0.2) is 22.6 Å². The third kappa shape index (κ3) is 2.84. The average Bonchev–Trinajstić information content (AvgIpc) is 2.70. The van der Waals surface area contributed by atoms with Crippen LogP contribution in [0.2, 0.25) is 0 Å². The number of fused-ring (bicyclic) bond motifs is 1. The highest BCUT2D eigenvalue weighted by atomic mass is 15.1. The van der Waals surface area contributed by atoms with Gasteiger partial charge in [0.25, 0.3) is 0 Å². The predicted molar refractivity (Wildman–Crippen MR) is 88.7 cm³/mol. The molecular formula is C18H27N3.